The molecular weight excluding hydrogens is 398 g/mol. The van der Waals surface area contributed by atoms with Crippen molar-refractivity contribution < 1.29 is 9.36 Å². The Morgan fingerprint density at radius 3 is 2.88 bits per heavy atom. The second-order valence-corrected chi connectivity index (χ2v) is 10.8. The van der Waals surface area contributed by atoms with Crippen molar-refractivity contribution in [3.05, 3.63) is 36.0 Å². The van der Waals surface area contributed by atoms with Crippen LogP contribution in [0.25, 0.3) is 11.2 Å². The van der Waals surface area contributed by atoms with Crippen molar-refractivity contribution in [2.45, 2.75) is 73.3 Å². The SMILES string of the molecule is CC1=CC(=O)C[C@H]2[C@](C)(CC/C(C)=C/Cn3c[n+](C)c4ncnc(N)c43)[C@@H](C)CC[C@@]12C. The van der Waals surface area contributed by atoms with Gasteiger partial charge >= 0.3 is 5.65 Å². The molecule has 1 saturated carbocycles. The predicted molar refractivity (Wildman–Crippen MR) is 128 cm³/mol. The number of imidazole rings is 1. The quantitative estimate of drug-likeness (QED) is 0.551. The molecule has 4 atom stereocenters. The highest BCUT2D eigenvalue weighted by Crippen LogP contribution is 2.61. The molecule has 2 N–H and O–H groups in total. The summed E-state index contributed by atoms with van der Waals surface area (Å²) in [5.41, 5.74) is 10.8. The van der Waals surface area contributed by atoms with E-state index in [1.807, 2.05) is 24.0 Å². The molecule has 32 heavy (non-hydrogen) atoms. The first kappa shape index (κ1) is 22.7. The number of carbonyl (C=O) groups excluding carboxylic acids is 1. The molecule has 2 aromatic heterocycles. The molecule has 2 aliphatic carbocycles. The Labute approximate surface area is 191 Å². The number of rotatable bonds is 5. The van der Waals surface area contributed by atoms with Crippen LogP contribution in [0.4, 0.5) is 5.82 Å². The summed E-state index contributed by atoms with van der Waals surface area (Å²) in [4.78, 5) is 21.0. The molecule has 172 valence electrons. The van der Waals surface area contributed by atoms with Gasteiger partial charge in [0.15, 0.2) is 24.3 Å². The van der Waals surface area contributed by atoms with E-state index in [2.05, 4.69) is 55.2 Å². The number of nitrogen functional groups attached to an aromatic ring is 1. The van der Waals surface area contributed by atoms with Gasteiger partial charge in [0.1, 0.15) is 0 Å². The molecular formula is C26H38N5O+. The van der Waals surface area contributed by atoms with Crippen LogP contribution in [0.5, 0.6) is 0 Å². The lowest BCUT2D eigenvalue weighted by molar-refractivity contribution is -0.647. The summed E-state index contributed by atoms with van der Waals surface area (Å²) >= 11 is 0. The van der Waals surface area contributed by atoms with Crippen molar-refractivity contribution in [1.29, 1.82) is 0 Å². The second kappa shape index (κ2) is 8.13. The summed E-state index contributed by atoms with van der Waals surface area (Å²) in [5.74, 6) is 1.87. The third-order valence-corrected chi connectivity index (χ3v) is 8.93. The van der Waals surface area contributed by atoms with Crippen molar-refractivity contribution in [1.82, 2.24) is 14.5 Å². The van der Waals surface area contributed by atoms with Crippen LogP contribution in [-0.4, -0.2) is 20.3 Å². The molecule has 0 spiro atoms. The fourth-order valence-electron chi connectivity index (χ4n) is 6.31. The van der Waals surface area contributed by atoms with E-state index in [0.717, 1.165) is 30.6 Å². The van der Waals surface area contributed by atoms with Crippen LogP contribution in [0.15, 0.2) is 36.0 Å². The van der Waals surface area contributed by atoms with Crippen LogP contribution < -0.4 is 10.3 Å². The third-order valence-electron chi connectivity index (χ3n) is 8.93. The molecule has 1 fully saturated rings. The van der Waals surface area contributed by atoms with Gasteiger partial charge in [0, 0.05) is 6.42 Å². The Bertz CT molecular complexity index is 1110. The number of aryl methyl sites for hydroxylation is 1. The van der Waals surface area contributed by atoms with Crippen molar-refractivity contribution in [3.63, 3.8) is 0 Å². The van der Waals surface area contributed by atoms with E-state index in [1.165, 1.54) is 30.3 Å². The molecule has 0 radical (unpaired) electrons. The number of nitrogens with two attached hydrogens (primary N) is 1. The molecule has 0 saturated heterocycles. The van der Waals surface area contributed by atoms with E-state index < -0.39 is 0 Å². The summed E-state index contributed by atoms with van der Waals surface area (Å²) in [6.45, 7) is 12.4. The summed E-state index contributed by atoms with van der Waals surface area (Å²) in [6.07, 6.45) is 13.0. The first-order valence-corrected chi connectivity index (χ1v) is 11.9. The van der Waals surface area contributed by atoms with E-state index in [4.69, 9.17) is 5.73 Å². The number of carbonyl (C=O) groups is 1. The lowest BCUT2D eigenvalue weighted by atomic mass is 9.47. The molecule has 2 aromatic rings. The summed E-state index contributed by atoms with van der Waals surface area (Å²) < 4.78 is 4.10. The minimum Gasteiger partial charge on any atom is -0.380 e. The molecule has 2 heterocycles. The maximum atomic E-state index is 12.5. The average Bonchev–Trinajstić information content (AvgIpc) is 3.07. The second-order valence-electron chi connectivity index (χ2n) is 10.8. The maximum Gasteiger partial charge on any atom is 0.307 e. The van der Waals surface area contributed by atoms with Gasteiger partial charge in [0.25, 0.3) is 0 Å². The van der Waals surface area contributed by atoms with E-state index in [9.17, 15) is 4.79 Å². The van der Waals surface area contributed by atoms with Gasteiger partial charge in [-0.25, -0.2) is 4.57 Å². The Morgan fingerprint density at radius 2 is 2.12 bits per heavy atom. The topological polar surface area (TPSA) is 77.7 Å². The molecule has 6 nitrogen and oxygen atoms in total. The van der Waals surface area contributed by atoms with Crippen molar-refractivity contribution in [2.75, 3.05) is 5.73 Å². The van der Waals surface area contributed by atoms with E-state index in [1.54, 1.807) is 0 Å². The van der Waals surface area contributed by atoms with Crippen molar-refractivity contribution in [3.8, 4) is 0 Å². The van der Waals surface area contributed by atoms with Crippen LogP contribution >= 0.6 is 0 Å². The third kappa shape index (κ3) is 3.67. The highest BCUT2D eigenvalue weighted by molar-refractivity contribution is 5.92. The lowest BCUT2D eigenvalue weighted by Crippen LogP contribution is -2.50. The van der Waals surface area contributed by atoms with E-state index in [0.29, 0.717) is 29.9 Å². The van der Waals surface area contributed by atoms with Gasteiger partial charge in [0.05, 0.1) is 13.6 Å². The van der Waals surface area contributed by atoms with Crippen LogP contribution in [0.1, 0.15) is 66.7 Å². The zero-order valence-corrected chi connectivity index (χ0v) is 20.5. The number of allylic oxidation sites excluding steroid dienone is 4. The normalized spacial score (nSPS) is 31.0. The minimum absolute atomic E-state index is 0.156. The Kier molecular flexibility index (Phi) is 5.76. The molecule has 0 amide bonds. The molecule has 0 unspecified atom stereocenters. The van der Waals surface area contributed by atoms with Gasteiger partial charge in [-0.15, -0.1) is 0 Å². The summed E-state index contributed by atoms with van der Waals surface area (Å²) in [6, 6.07) is 0. The summed E-state index contributed by atoms with van der Waals surface area (Å²) in [7, 11) is 1.98. The molecule has 0 aromatic carbocycles. The molecule has 6 heteroatoms. The van der Waals surface area contributed by atoms with Crippen LogP contribution in [-0.2, 0) is 18.4 Å². The summed E-state index contributed by atoms with van der Waals surface area (Å²) in [5, 5.41) is 0. The molecule has 0 bridgehead atoms. The van der Waals surface area contributed by atoms with Gasteiger partial charge in [-0.3, -0.25) is 9.36 Å². The van der Waals surface area contributed by atoms with Gasteiger partial charge in [-0.2, -0.15) is 4.98 Å². The Hall–Kier alpha value is -2.50. The van der Waals surface area contributed by atoms with Crippen molar-refractivity contribution in [2.24, 2.45) is 29.7 Å². The first-order valence-electron chi connectivity index (χ1n) is 11.9. The highest BCUT2D eigenvalue weighted by Gasteiger charge is 2.54. The van der Waals surface area contributed by atoms with Crippen molar-refractivity contribution >= 4 is 22.8 Å². The molecule has 0 aliphatic heterocycles. The Morgan fingerprint density at radius 1 is 1.38 bits per heavy atom. The monoisotopic (exact) mass is 436 g/mol. The zero-order chi connectivity index (χ0) is 23.3. The average molecular weight is 437 g/mol. The highest BCUT2D eigenvalue weighted by atomic mass is 16.1. The van der Waals surface area contributed by atoms with Gasteiger partial charge in [0.2, 0.25) is 5.52 Å². The predicted octanol–water partition coefficient (Wildman–Crippen LogP) is 4.54. The number of ketones is 1. The van der Waals surface area contributed by atoms with Crippen LogP contribution in [0.3, 0.4) is 0 Å². The molecule has 2 aliphatic rings. The number of fused-ring (bicyclic) bond motifs is 2. The smallest absolute Gasteiger partial charge is 0.307 e. The van der Waals surface area contributed by atoms with Gasteiger partial charge in [-0.1, -0.05) is 43.0 Å². The number of nitrogens with zero attached hydrogens (tertiary/aromatic N) is 4. The number of aromatic nitrogens is 4. The zero-order valence-electron chi connectivity index (χ0n) is 20.5. The number of anilines is 1. The Balaban J connectivity index is 1.52. The largest absolute Gasteiger partial charge is 0.380 e. The lowest BCUT2D eigenvalue weighted by Gasteiger charge is -2.57. The fraction of sp³-hybridized carbons (Fsp3) is 0.615. The standard InChI is InChI=1S/C26H38N5O/c1-17(9-12-31-16-30(6)24-22(31)23(27)28-15-29-24)7-10-25(4)18(2)8-11-26(5)19(3)13-20(32)14-21(25)26/h9,13,15-16,18,21H,7-8,10-12,14H2,1-6H3,(H2,27,28,29)/q+1/b17-9+/t18-,21-,25+,26-/m0/s1. The maximum absolute atomic E-state index is 12.5. The molecule has 4 rings (SSSR count). The van der Waals surface area contributed by atoms with Crippen LogP contribution in [0, 0.1) is 22.7 Å². The fourth-order valence-corrected chi connectivity index (χ4v) is 6.31. The first-order chi connectivity index (χ1) is 15.1. The minimum atomic E-state index is 0.156. The van der Waals surface area contributed by atoms with Gasteiger partial charge < -0.3 is 5.73 Å². The number of hydrogen-bond acceptors (Lipinski definition) is 4. The van der Waals surface area contributed by atoms with E-state index >= 15 is 0 Å². The van der Waals surface area contributed by atoms with E-state index in [-0.39, 0.29) is 10.8 Å². The van der Waals surface area contributed by atoms with Gasteiger partial charge in [-0.05, 0) is 68.3 Å². The van der Waals surface area contributed by atoms with Crippen LogP contribution in [0.2, 0.25) is 0 Å². The number of hydrogen-bond donors (Lipinski definition) is 1.